The van der Waals surface area contributed by atoms with Gasteiger partial charge in [0.25, 0.3) is 5.91 Å². The van der Waals surface area contributed by atoms with E-state index in [0.717, 1.165) is 12.0 Å². The van der Waals surface area contributed by atoms with Crippen molar-refractivity contribution in [3.05, 3.63) is 95.6 Å². The van der Waals surface area contributed by atoms with Crippen molar-refractivity contribution in [3.8, 4) is 11.5 Å². The molecule has 0 aromatic heterocycles. The highest BCUT2D eigenvalue weighted by molar-refractivity contribution is 5.95. The van der Waals surface area contributed by atoms with E-state index in [-0.39, 0.29) is 5.91 Å². The fraction of sp³-hybridized carbons (Fsp3) is 0.208. The van der Waals surface area contributed by atoms with Gasteiger partial charge in [-0.05, 0) is 35.7 Å². The Morgan fingerprint density at radius 2 is 1.39 bits per heavy atom. The second-order valence-electron chi connectivity index (χ2n) is 6.52. The zero-order valence-electron chi connectivity index (χ0n) is 16.3. The molecule has 1 amide bonds. The summed E-state index contributed by atoms with van der Waals surface area (Å²) in [5, 5.41) is 0. The molecule has 0 aliphatic rings. The Labute approximate surface area is 166 Å². The van der Waals surface area contributed by atoms with Crippen LogP contribution in [0.5, 0.6) is 11.5 Å². The number of benzene rings is 3. The molecule has 0 saturated heterocycles. The monoisotopic (exact) mass is 375 g/mol. The molecular weight excluding hydrogens is 350 g/mol. The number of methoxy groups -OCH3 is 2. The van der Waals surface area contributed by atoms with E-state index in [1.807, 2.05) is 53.4 Å². The topological polar surface area (TPSA) is 38.8 Å². The Balaban J connectivity index is 1.83. The van der Waals surface area contributed by atoms with Crippen LogP contribution in [0.2, 0.25) is 0 Å². The van der Waals surface area contributed by atoms with Crippen LogP contribution in [0.25, 0.3) is 0 Å². The lowest BCUT2D eigenvalue weighted by molar-refractivity contribution is 0.0744. The third-order valence-corrected chi connectivity index (χ3v) is 4.65. The maximum Gasteiger partial charge on any atom is 0.254 e. The highest BCUT2D eigenvalue weighted by Crippen LogP contribution is 2.28. The van der Waals surface area contributed by atoms with E-state index in [2.05, 4.69) is 12.1 Å². The van der Waals surface area contributed by atoms with Crippen molar-refractivity contribution in [3.63, 3.8) is 0 Å². The van der Waals surface area contributed by atoms with Crippen molar-refractivity contribution in [2.24, 2.45) is 0 Å². The van der Waals surface area contributed by atoms with Crippen LogP contribution in [-0.4, -0.2) is 31.6 Å². The number of carbonyl (C=O) groups excluding carboxylic acids is 1. The molecule has 4 heteroatoms. The lowest BCUT2D eigenvalue weighted by Gasteiger charge is -2.23. The number of carbonyl (C=O) groups is 1. The summed E-state index contributed by atoms with van der Waals surface area (Å²) < 4.78 is 10.6. The molecule has 3 aromatic rings. The summed E-state index contributed by atoms with van der Waals surface area (Å²) in [6.45, 7) is 1.19. The summed E-state index contributed by atoms with van der Waals surface area (Å²) >= 11 is 0. The molecular formula is C24H25NO3. The van der Waals surface area contributed by atoms with E-state index in [4.69, 9.17) is 9.47 Å². The number of hydrogen-bond donors (Lipinski definition) is 0. The van der Waals surface area contributed by atoms with Crippen LogP contribution < -0.4 is 9.47 Å². The standard InChI is InChI=1S/C24H25NO3/c1-27-22-14-13-21(17-23(22)28-2)24(26)25(18-20-11-7-4-8-12-20)16-15-19-9-5-3-6-10-19/h3-14,17H,15-16,18H2,1-2H3. The third-order valence-electron chi connectivity index (χ3n) is 4.65. The van der Waals surface area contributed by atoms with Crippen LogP contribution in [0.1, 0.15) is 21.5 Å². The Kier molecular flexibility index (Phi) is 6.68. The first-order valence-electron chi connectivity index (χ1n) is 9.30. The average molecular weight is 375 g/mol. The van der Waals surface area contributed by atoms with Crippen molar-refractivity contribution < 1.29 is 14.3 Å². The molecule has 28 heavy (non-hydrogen) atoms. The van der Waals surface area contributed by atoms with Gasteiger partial charge in [0, 0.05) is 18.7 Å². The normalized spacial score (nSPS) is 10.4. The Morgan fingerprint density at radius 3 is 2.00 bits per heavy atom. The molecule has 0 saturated carbocycles. The molecule has 0 unspecified atom stereocenters. The molecule has 0 radical (unpaired) electrons. The Bertz CT molecular complexity index is 894. The Morgan fingerprint density at radius 1 is 0.786 bits per heavy atom. The molecule has 0 bridgehead atoms. The van der Waals surface area contributed by atoms with E-state index in [0.29, 0.717) is 30.2 Å². The predicted molar refractivity (Wildman–Crippen MR) is 111 cm³/mol. The van der Waals surface area contributed by atoms with Crippen LogP contribution in [0, 0.1) is 0 Å². The summed E-state index contributed by atoms with van der Waals surface area (Å²) in [7, 11) is 3.16. The summed E-state index contributed by atoms with van der Waals surface area (Å²) in [6.07, 6.45) is 0.798. The van der Waals surface area contributed by atoms with E-state index in [1.54, 1.807) is 32.4 Å². The van der Waals surface area contributed by atoms with Crippen LogP contribution in [0.4, 0.5) is 0 Å². The van der Waals surface area contributed by atoms with Gasteiger partial charge in [0.15, 0.2) is 11.5 Å². The molecule has 4 nitrogen and oxygen atoms in total. The van der Waals surface area contributed by atoms with Gasteiger partial charge in [-0.25, -0.2) is 0 Å². The van der Waals surface area contributed by atoms with Gasteiger partial charge in [0.1, 0.15) is 0 Å². The van der Waals surface area contributed by atoms with Crippen LogP contribution in [0.15, 0.2) is 78.9 Å². The zero-order chi connectivity index (χ0) is 19.8. The smallest absolute Gasteiger partial charge is 0.254 e. The van der Waals surface area contributed by atoms with E-state index >= 15 is 0 Å². The molecule has 0 spiro atoms. The van der Waals surface area contributed by atoms with Gasteiger partial charge in [-0.15, -0.1) is 0 Å². The first-order valence-corrected chi connectivity index (χ1v) is 9.30. The fourth-order valence-electron chi connectivity index (χ4n) is 3.12. The second-order valence-corrected chi connectivity index (χ2v) is 6.52. The minimum absolute atomic E-state index is 0.0271. The quantitative estimate of drug-likeness (QED) is 0.578. The summed E-state index contributed by atoms with van der Waals surface area (Å²) in [5.74, 6) is 1.13. The number of hydrogen-bond acceptors (Lipinski definition) is 3. The second kappa shape index (κ2) is 9.60. The van der Waals surface area contributed by atoms with Gasteiger partial charge < -0.3 is 14.4 Å². The molecule has 0 aliphatic carbocycles. The lowest BCUT2D eigenvalue weighted by Crippen LogP contribution is -2.32. The zero-order valence-corrected chi connectivity index (χ0v) is 16.3. The lowest BCUT2D eigenvalue weighted by atomic mass is 10.1. The van der Waals surface area contributed by atoms with Gasteiger partial charge in [-0.3, -0.25) is 4.79 Å². The van der Waals surface area contributed by atoms with E-state index in [9.17, 15) is 4.79 Å². The highest BCUT2D eigenvalue weighted by Gasteiger charge is 2.18. The van der Waals surface area contributed by atoms with Crippen LogP contribution in [0.3, 0.4) is 0 Å². The molecule has 144 valence electrons. The number of ether oxygens (including phenoxy) is 2. The highest BCUT2D eigenvalue weighted by atomic mass is 16.5. The molecule has 0 atom stereocenters. The molecule has 0 N–H and O–H groups in total. The largest absolute Gasteiger partial charge is 0.493 e. The summed E-state index contributed by atoms with van der Waals surface area (Å²) in [4.78, 5) is 15.1. The van der Waals surface area contributed by atoms with Gasteiger partial charge >= 0.3 is 0 Å². The molecule has 0 heterocycles. The van der Waals surface area contributed by atoms with Crippen molar-refractivity contribution in [1.82, 2.24) is 4.90 Å². The SMILES string of the molecule is COc1ccc(C(=O)N(CCc2ccccc2)Cc2ccccc2)cc1OC. The third kappa shape index (κ3) is 4.92. The van der Waals surface area contributed by atoms with Crippen LogP contribution >= 0.6 is 0 Å². The first-order chi connectivity index (χ1) is 13.7. The van der Waals surface area contributed by atoms with Crippen molar-refractivity contribution in [2.75, 3.05) is 20.8 Å². The summed E-state index contributed by atoms with van der Waals surface area (Å²) in [5.41, 5.74) is 2.90. The Hall–Kier alpha value is -3.27. The van der Waals surface area contributed by atoms with E-state index in [1.165, 1.54) is 5.56 Å². The summed E-state index contributed by atoms with van der Waals surface area (Å²) in [6, 6.07) is 25.5. The number of nitrogens with zero attached hydrogens (tertiary/aromatic N) is 1. The minimum atomic E-state index is -0.0271. The maximum absolute atomic E-state index is 13.3. The van der Waals surface area contributed by atoms with Gasteiger partial charge in [0.05, 0.1) is 14.2 Å². The van der Waals surface area contributed by atoms with Gasteiger partial charge in [0.2, 0.25) is 0 Å². The fourth-order valence-corrected chi connectivity index (χ4v) is 3.12. The van der Waals surface area contributed by atoms with Gasteiger partial charge in [-0.1, -0.05) is 60.7 Å². The molecule has 0 aliphatic heterocycles. The maximum atomic E-state index is 13.3. The van der Waals surface area contributed by atoms with Crippen molar-refractivity contribution in [1.29, 1.82) is 0 Å². The number of rotatable bonds is 8. The molecule has 0 fully saturated rings. The average Bonchev–Trinajstić information content (AvgIpc) is 2.77. The molecule has 3 aromatic carbocycles. The van der Waals surface area contributed by atoms with Crippen molar-refractivity contribution in [2.45, 2.75) is 13.0 Å². The first kappa shape index (κ1) is 19.5. The minimum Gasteiger partial charge on any atom is -0.493 e. The van der Waals surface area contributed by atoms with Gasteiger partial charge in [-0.2, -0.15) is 0 Å². The number of amides is 1. The van der Waals surface area contributed by atoms with Crippen molar-refractivity contribution >= 4 is 5.91 Å². The van der Waals surface area contributed by atoms with Crippen LogP contribution in [-0.2, 0) is 13.0 Å². The molecule has 3 rings (SSSR count). The van der Waals surface area contributed by atoms with E-state index < -0.39 is 0 Å². The predicted octanol–water partition coefficient (Wildman–Crippen LogP) is 4.59.